The molecule has 0 amide bonds. The van der Waals surface area contributed by atoms with Crippen LogP contribution in [0.25, 0.3) is 0 Å². The quantitative estimate of drug-likeness (QED) is 0.613. The van der Waals surface area contributed by atoms with Crippen molar-refractivity contribution in [2.24, 2.45) is 0 Å². The summed E-state index contributed by atoms with van der Waals surface area (Å²) in [5, 5.41) is 9.75. The molecule has 1 N–H and O–H groups in total. The van der Waals surface area contributed by atoms with E-state index in [1.54, 1.807) is 14.2 Å². The fraction of sp³-hybridized carbons (Fsp3) is 1.00. The summed E-state index contributed by atoms with van der Waals surface area (Å²) in [6, 6.07) is 0. The van der Waals surface area contributed by atoms with Crippen molar-refractivity contribution in [2.75, 3.05) is 20.8 Å². The second-order valence-electron chi connectivity index (χ2n) is 3.27. The van der Waals surface area contributed by atoms with Crippen molar-refractivity contribution >= 4 is 0 Å². The first-order valence-electron chi connectivity index (χ1n) is 4.28. The standard InChI is InChI=1S/C8H14O5/c1-10-6-5(9)4-3-12-8(13-4)7(6)11-2/h4-9H,3H2,1-2H3/t4?,5-,6?,7-,8+/m0/s1. The van der Waals surface area contributed by atoms with Gasteiger partial charge in [0.2, 0.25) is 0 Å². The summed E-state index contributed by atoms with van der Waals surface area (Å²) < 4.78 is 21.0. The minimum absolute atomic E-state index is 0.277. The van der Waals surface area contributed by atoms with Gasteiger partial charge in [0, 0.05) is 14.2 Å². The summed E-state index contributed by atoms with van der Waals surface area (Å²) in [5.41, 5.74) is 0. The van der Waals surface area contributed by atoms with Crippen LogP contribution in [0.3, 0.4) is 0 Å². The largest absolute Gasteiger partial charge is 0.387 e. The maximum atomic E-state index is 9.75. The average Bonchev–Trinajstić information content (AvgIpc) is 2.57. The van der Waals surface area contributed by atoms with Gasteiger partial charge in [0.1, 0.15) is 24.4 Å². The fourth-order valence-electron chi connectivity index (χ4n) is 1.87. The molecule has 76 valence electrons. The Hall–Kier alpha value is -0.200. The molecular weight excluding hydrogens is 176 g/mol. The van der Waals surface area contributed by atoms with Crippen molar-refractivity contribution in [3.8, 4) is 0 Å². The Balaban J connectivity index is 2.15. The number of hydrogen-bond donors (Lipinski definition) is 1. The minimum Gasteiger partial charge on any atom is -0.387 e. The van der Waals surface area contributed by atoms with Crippen LogP contribution in [0, 0.1) is 0 Å². The number of aliphatic hydroxyl groups is 1. The van der Waals surface area contributed by atoms with Crippen molar-refractivity contribution in [2.45, 2.75) is 30.7 Å². The van der Waals surface area contributed by atoms with Gasteiger partial charge >= 0.3 is 0 Å². The van der Waals surface area contributed by atoms with E-state index in [9.17, 15) is 5.11 Å². The molecule has 5 nitrogen and oxygen atoms in total. The summed E-state index contributed by atoms with van der Waals surface area (Å²) in [6.45, 7) is 0.408. The zero-order chi connectivity index (χ0) is 9.42. The second-order valence-corrected chi connectivity index (χ2v) is 3.27. The van der Waals surface area contributed by atoms with Gasteiger partial charge in [-0.3, -0.25) is 0 Å². The Kier molecular flexibility index (Phi) is 2.53. The maximum absolute atomic E-state index is 9.75. The van der Waals surface area contributed by atoms with E-state index in [0.29, 0.717) is 6.61 Å². The molecule has 0 radical (unpaired) electrons. The van der Waals surface area contributed by atoms with Crippen LogP contribution in [-0.4, -0.2) is 56.6 Å². The van der Waals surface area contributed by atoms with Crippen molar-refractivity contribution < 1.29 is 24.1 Å². The molecule has 2 aliphatic rings. The van der Waals surface area contributed by atoms with Crippen molar-refractivity contribution in [1.82, 2.24) is 0 Å². The van der Waals surface area contributed by atoms with Gasteiger partial charge in [-0.05, 0) is 0 Å². The summed E-state index contributed by atoms with van der Waals surface area (Å²) in [6.07, 6.45) is -2.06. The molecule has 2 fully saturated rings. The lowest BCUT2D eigenvalue weighted by Crippen LogP contribution is -2.55. The predicted octanol–water partition coefficient (Wildman–Crippen LogP) is -0.868. The summed E-state index contributed by atoms with van der Waals surface area (Å²) in [7, 11) is 3.10. The number of ether oxygens (including phenoxy) is 4. The highest BCUT2D eigenvalue weighted by atomic mass is 16.8. The Morgan fingerprint density at radius 1 is 1.23 bits per heavy atom. The first kappa shape index (κ1) is 9.36. The lowest BCUT2D eigenvalue weighted by molar-refractivity contribution is -0.242. The smallest absolute Gasteiger partial charge is 0.187 e. The molecule has 5 heteroatoms. The average molecular weight is 190 g/mol. The molecule has 0 saturated carbocycles. The van der Waals surface area contributed by atoms with Crippen LogP contribution < -0.4 is 0 Å². The van der Waals surface area contributed by atoms with E-state index < -0.39 is 12.4 Å². The summed E-state index contributed by atoms with van der Waals surface area (Å²) in [4.78, 5) is 0. The van der Waals surface area contributed by atoms with E-state index in [4.69, 9.17) is 18.9 Å². The van der Waals surface area contributed by atoms with E-state index >= 15 is 0 Å². The number of methoxy groups -OCH3 is 2. The third-order valence-corrected chi connectivity index (χ3v) is 2.59. The highest BCUT2D eigenvalue weighted by molar-refractivity contribution is 4.94. The number of rotatable bonds is 2. The first-order valence-corrected chi connectivity index (χ1v) is 4.28. The fourth-order valence-corrected chi connectivity index (χ4v) is 1.87. The van der Waals surface area contributed by atoms with Gasteiger partial charge in [0.05, 0.1) is 6.61 Å². The Morgan fingerprint density at radius 3 is 2.54 bits per heavy atom. The van der Waals surface area contributed by atoms with Crippen LogP contribution in [0.15, 0.2) is 0 Å². The van der Waals surface area contributed by atoms with Crippen molar-refractivity contribution in [1.29, 1.82) is 0 Å². The molecule has 2 bridgehead atoms. The third-order valence-electron chi connectivity index (χ3n) is 2.59. The van der Waals surface area contributed by atoms with E-state index in [0.717, 1.165) is 0 Å². The molecule has 2 unspecified atom stereocenters. The first-order chi connectivity index (χ1) is 6.27. The van der Waals surface area contributed by atoms with Crippen LogP contribution in [0.5, 0.6) is 0 Å². The SMILES string of the molecule is COC1[C@@H](O)C2CO[C@H](O2)[C@H]1OC. The van der Waals surface area contributed by atoms with Crippen LogP contribution >= 0.6 is 0 Å². The predicted molar refractivity (Wildman–Crippen MR) is 42.2 cm³/mol. The molecule has 2 saturated heterocycles. The molecule has 0 aromatic heterocycles. The molecular formula is C8H14O5. The second kappa shape index (κ2) is 3.51. The van der Waals surface area contributed by atoms with Gasteiger partial charge in [-0.15, -0.1) is 0 Å². The number of hydrogen-bond acceptors (Lipinski definition) is 5. The van der Waals surface area contributed by atoms with Gasteiger partial charge in [-0.1, -0.05) is 0 Å². The monoisotopic (exact) mass is 190 g/mol. The van der Waals surface area contributed by atoms with E-state index in [2.05, 4.69) is 0 Å². The molecule has 0 aliphatic carbocycles. The summed E-state index contributed by atoms with van der Waals surface area (Å²) in [5.74, 6) is 0. The lowest BCUT2D eigenvalue weighted by Gasteiger charge is -2.36. The molecule has 0 aromatic rings. The van der Waals surface area contributed by atoms with Gasteiger partial charge in [-0.25, -0.2) is 0 Å². The topological polar surface area (TPSA) is 57.2 Å². The highest BCUT2D eigenvalue weighted by Crippen LogP contribution is 2.30. The normalized spacial score (nSPS) is 49.6. The van der Waals surface area contributed by atoms with Gasteiger partial charge in [0.15, 0.2) is 6.29 Å². The Labute approximate surface area is 76.5 Å². The molecule has 0 spiro atoms. The molecule has 2 aliphatic heterocycles. The zero-order valence-electron chi connectivity index (χ0n) is 7.67. The highest BCUT2D eigenvalue weighted by Gasteiger charge is 2.50. The van der Waals surface area contributed by atoms with Gasteiger partial charge in [0.25, 0.3) is 0 Å². The van der Waals surface area contributed by atoms with Crippen LogP contribution in [0.4, 0.5) is 0 Å². The van der Waals surface area contributed by atoms with Crippen LogP contribution in [0.2, 0.25) is 0 Å². The molecule has 2 heterocycles. The zero-order valence-corrected chi connectivity index (χ0v) is 7.67. The van der Waals surface area contributed by atoms with Gasteiger partial charge in [-0.2, -0.15) is 0 Å². The third kappa shape index (κ3) is 1.37. The van der Waals surface area contributed by atoms with E-state index in [1.807, 2.05) is 0 Å². The van der Waals surface area contributed by atoms with Crippen molar-refractivity contribution in [3.05, 3.63) is 0 Å². The molecule has 5 atom stereocenters. The Morgan fingerprint density at radius 2 is 1.92 bits per heavy atom. The number of aliphatic hydroxyl groups excluding tert-OH is 1. The lowest BCUT2D eigenvalue weighted by atomic mass is 10.0. The van der Waals surface area contributed by atoms with Crippen LogP contribution in [0.1, 0.15) is 0 Å². The van der Waals surface area contributed by atoms with E-state index in [1.165, 1.54) is 0 Å². The number of fused-ring (bicyclic) bond motifs is 2. The molecule has 2 rings (SSSR count). The summed E-state index contributed by atoms with van der Waals surface area (Å²) >= 11 is 0. The molecule has 13 heavy (non-hydrogen) atoms. The van der Waals surface area contributed by atoms with Crippen molar-refractivity contribution in [3.63, 3.8) is 0 Å². The molecule has 0 aromatic carbocycles. The van der Waals surface area contributed by atoms with E-state index in [-0.39, 0.29) is 18.3 Å². The maximum Gasteiger partial charge on any atom is 0.187 e. The van der Waals surface area contributed by atoms with Gasteiger partial charge < -0.3 is 24.1 Å². The Bertz CT molecular complexity index is 181. The minimum atomic E-state index is -0.673. The van der Waals surface area contributed by atoms with Crippen LogP contribution in [-0.2, 0) is 18.9 Å².